The lowest BCUT2D eigenvalue weighted by Gasteiger charge is -2.39. The minimum absolute atomic E-state index is 0.137. The third-order valence-electron chi connectivity index (χ3n) is 4.24. The number of hydrogen-bond acceptors (Lipinski definition) is 2. The molecule has 1 aliphatic heterocycles. The van der Waals surface area contributed by atoms with E-state index in [0.29, 0.717) is 16.1 Å². The van der Waals surface area contributed by atoms with Crippen LogP contribution >= 0.6 is 23.2 Å². The second kappa shape index (κ2) is 5.51. The van der Waals surface area contributed by atoms with Gasteiger partial charge in [-0.15, -0.1) is 0 Å². The molecule has 1 aliphatic carbocycles. The van der Waals surface area contributed by atoms with E-state index < -0.39 is 0 Å². The van der Waals surface area contributed by atoms with Gasteiger partial charge in [-0.25, -0.2) is 0 Å². The summed E-state index contributed by atoms with van der Waals surface area (Å²) in [6.45, 7) is 0.853. The molecule has 1 unspecified atom stereocenters. The highest BCUT2D eigenvalue weighted by molar-refractivity contribution is 6.35. The van der Waals surface area contributed by atoms with Crippen molar-refractivity contribution in [3.05, 3.63) is 28.2 Å². The van der Waals surface area contributed by atoms with Gasteiger partial charge in [0, 0.05) is 28.4 Å². The number of halogens is 2. The molecule has 1 spiro atoms. The van der Waals surface area contributed by atoms with E-state index in [1.165, 1.54) is 25.7 Å². The first-order valence-corrected chi connectivity index (χ1v) is 7.77. The fourth-order valence-electron chi connectivity index (χ4n) is 3.39. The standard InChI is InChI=1S/C15H19Cl2NO/c16-11-7-12(17)9-14(8-11)18-13-3-6-19-15(10-13)4-1-2-5-15/h7-9,13,18H,1-6,10H2. The zero-order chi connectivity index (χ0) is 13.3. The average Bonchev–Trinajstić information content (AvgIpc) is 2.76. The highest BCUT2D eigenvalue weighted by Crippen LogP contribution is 2.40. The van der Waals surface area contributed by atoms with Gasteiger partial charge in [0.15, 0.2) is 0 Å². The first kappa shape index (κ1) is 13.5. The van der Waals surface area contributed by atoms with Gasteiger partial charge in [-0.2, -0.15) is 0 Å². The summed E-state index contributed by atoms with van der Waals surface area (Å²) in [5.41, 5.74) is 1.15. The molecule has 3 rings (SSSR count). The molecule has 2 aliphatic rings. The normalized spacial score (nSPS) is 25.7. The molecule has 0 aromatic heterocycles. The van der Waals surface area contributed by atoms with Gasteiger partial charge >= 0.3 is 0 Å². The van der Waals surface area contributed by atoms with Crippen LogP contribution in [0.2, 0.25) is 10.0 Å². The van der Waals surface area contributed by atoms with Crippen LogP contribution in [0.1, 0.15) is 38.5 Å². The van der Waals surface area contributed by atoms with Crippen molar-refractivity contribution in [1.29, 1.82) is 0 Å². The second-order valence-corrected chi connectivity index (χ2v) is 6.60. The van der Waals surface area contributed by atoms with Crippen LogP contribution < -0.4 is 5.32 Å². The van der Waals surface area contributed by atoms with E-state index in [-0.39, 0.29) is 5.60 Å². The Labute approximate surface area is 124 Å². The molecule has 1 aromatic carbocycles. The molecule has 1 saturated carbocycles. The Bertz CT molecular complexity index is 437. The Hall–Kier alpha value is -0.440. The maximum atomic E-state index is 6.05. The zero-order valence-electron chi connectivity index (χ0n) is 10.9. The molecule has 1 aromatic rings. The van der Waals surface area contributed by atoms with Crippen molar-refractivity contribution in [2.24, 2.45) is 0 Å². The number of rotatable bonds is 2. The summed E-state index contributed by atoms with van der Waals surface area (Å²) in [6.07, 6.45) is 7.16. The average molecular weight is 300 g/mol. The molecule has 1 saturated heterocycles. The number of nitrogens with one attached hydrogen (secondary N) is 1. The molecule has 104 valence electrons. The van der Waals surface area contributed by atoms with Crippen LogP contribution in [-0.2, 0) is 4.74 Å². The van der Waals surface area contributed by atoms with Crippen molar-refractivity contribution < 1.29 is 4.74 Å². The predicted molar refractivity (Wildman–Crippen MR) is 80.3 cm³/mol. The van der Waals surface area contributed by atoms with E-state index in [1.807, 2.05) is 12.1 Å². The van der Waals surface area contributed by atoms with Gasteiger partial charge in [-0.1, -0.05) is 36.0 Å². The molecule has 2 fully saturated rings. The molecular weight excluding hydrogens is 281 g/mol. The van der Waals surface area contributed by atoms with Crippen LogP contribution in [0.3, 0.4) is 0 Å². The largest absolute Gasteiger partial charge is 0.382 e. The fraction of sp³-hybridized carbons (Fsp3) is 0.600. The van der Waals surface area contributed by atoms with E-state index in [0.717, 1.165) is 25.1 Å². The van der Waals surface area contributed by atoms with Gasteiger partial charge in [-0.3, -0.25) is 0 Å². The molecule has 0 amide bonds. The third-order valence-corrected chi connectivity index (χ3v) is 4.68. The number of hydrogen-bond donors (Lipinski definition) is 1. The van der Waals surface area contributed by atoms with Crippen LogP contribution in [0, 0.1) is 0 Å². The lowest BCUT2D eigenvalue weighted by molar-refractivity contribution is -0.0767. The summed E-state index contributed by atoms with van der Waals surface area (Å²) in [6, 6.07) is 6.09. The molecule has 2 nitrogen and oxygen atoms in total. The van der Waals surface area contributed by atoms with Gasteiger partial charge in [0.1, 0.15) is 0 Å². The van der Waals surface area contributed by atoms with E-state index in [4.69, 9.17) is 27.9 Å². The Balaban J connectivity index is 1.69. The number of ether oxygens (including phenoxy) is 1. The third kappa shape index (κ3) is 3.18. The van der Waals surface area contributed by atoms with Crippen LogP contribution in [0.5, 0.6) is 0 Å². The minimum Gasteiger partial charge on any atom is -0.382 e. The monoisotopic (exact) mass is 299 g/mol. The summed E-state index contributed by atoms with van der Waals surface area (Å²) in [7, 11) is 0. The number of anilines is 1. The van der Waals surface area contributed by atoms with Crippen LogP contribution in [0.4, 0.5) is 5.69 Å². The molecular formula is C15H19Cl2NO. The Kier molecular flexibility index (Phi) is 3.93. The first-order chi connectivity index (χ1) is 9.15. The van der Waals surface area contributed by atoms with Crippen molar-refractivity contribution >= 4 is 28.9 Å². The summed E-state index contributed by atoms with van der Waals surface area (Å²) >= 11 is 12.1. The van der Waals surface area contributed by atoms with Gasteiger partial charge in [-0.05, 0) is 43.9 Å². The van der Waals surface area contributed by atoms with Gasteiger partial charge in [0.05, 0.1) is 5.60 Å². The molecule has 19 heavy (non-hydrogen) atoms. The minimum atomic E-state index is 0.137. The zero-order valence-corrected chi connectivity index (χ0v) is 12.4. The van der Waals surface area contributed by atoms with Gasteiger partial charge < -0.3 is 10.1 Å². The Morgan fingerprint density at radius 2 is 1.79 bits per heavy atom. The van der Waals surface area contributed by atoms with Crippen molar-refractivity contribution in [1.82, 2.24) is 0 Å². The molecule has 1 heterocycles. The van der Waals surface area contributed by atoms with E-state index in [9.17, 15) is 0 Å². The maximum Gasteiger partial charge on any atom is 0.0702 e. The molecule has 1 N–H and O–H groups in total. The van der Waals surface area contributed by atoms with Crippen molar-refractivity contribution in [2.45, 2.75) is 50.2 Å². The highest BCUT2D eigenvalue weighted by atomic mass is 35.5. The predicted octanol–water partition coefficient (Wildman–Crippen LogP) is 4.90. The summed E-state index contributed by atoms with van der Waals surface area (Å²) < 4.78 is 6.05. The summed E-state index contributed by atoms with van der Waals surface area (Å²) in [5, 5.41) is 4.92. The van der Waals surface area contributed by atoms with E-state index in [1.54, 1.807) is 6.07 Å². The topological polar surface area (TPSA) is 21.3 Å². The van der Waals surface area contributed by atoms with Crippen molar-refractivity contribution in [3.8, 4) is 0 Å². The van der Waals surface area contributed by atoms with Crippen LogP contribution in [0.15, 0.2) is 18.2 Å². The number of benzene rings is 1. The maximum absolute atomic E-state index is 6.05. The molecule has 0 radical (unpaired) electrons. The van der Waals surface area contributed by atoms with Crippen LogP contribution in [-0.4, -0.2) is 18.2 Å². The van der Waals surface area contributed by atoms with Gasteiger partial charge in [0.2, 0.25) is 0 Å². The summed E-state index contributed by atoms with van der Waals surface area (Å²) in [4.78, 5) is 0. The van der Waals surface area contributed by atoms with E-state index >= 15 is 0 Å². The smallest absolute Gasteiger partial charge is 0.0702 e. The molecule has 4 heteroatoms. The van der Waals surface area contributed by atoms with Crippen LogP contribution in [0.25, 0.3) is 0 Å². The SMILES string of the molecule is Clc1cc(Cl)cc(NC2CCOC3(CCCC3)C2)c1. The first-order valence-electron chi connectivity index (χ1n) is 7.02. The lowest BCUT2D eigenvalue weighted by Crippen LogP contribution is -2.42. The Morgan fingerprint density at radius 3 is 2.47 bits per heavy atom. The second-order valence-electron chi connectivity index (χ2n) is 5.73. The van der Waals surface area contributed by atoms with E-state index in [2.05, 4.69) is 5.32 Å². The quantitative estimate of drug-likeness (QED) is 0.839. The molecule has 1 atom stereocenters. The summed E-state index contributed by atoms with van der Waals surface area (Å²) in [5.74, 6) is 0. The Morgan fingerprint density at radius 1 is 1.11 bits per heavy atom. The van der Waals surface area contributed by atoms with Crippen molar-refractivity contribution in [3.63, 3.8) is 0 Å². The van der Waals surface area contributed by atoms with Gasteiger partial charge in [0.25, 0.3) is 0 Å². The lowest BCUT2D eigenvalue weighted by atomic mass is 9.89. The molecule has 0 bridgehead atoms. The van der Waals surface area contributed by atoms with Crippen molar-refractivity contribution in [2.75, 3.05) is 11.9 Å². The fourth-order valence-corrected chi connectivity index (χ4v) is 3.92. The highest BCUT2D eigenvalue weighted by Gasteiger charge is 2.39.